The molecule has 0 unspecified atom stereocenters. The molecular formula is C24H26N4O4S. The molecule has 2 heterocycles. The number of imide groups is 1. The topological polar surface area (TPSA) is 83.0 Å². The molecule has 172 valence electrons. The van der Waals surface area contributed by atoms with E-state index in [4.69, 9.17) is 4.74 Å². The van der Waals surface area contributed by atoms with Gasteiger partial charge in [-0.15, -0.1) is 0 Å². The molecule has 1 aliphatic rings. The van der Waals surface area contributed by atoms with Crippen molar-refractivity contribution in [2.24, 2.45) is 0 Å². The van der Waals surface area contributed by atoms with E-state index in [2.05, 4.69) is 23.7 Å². The average molecular weight is 467 g/mol. The van der Waals surface area contributed by atoms with Crippen LogP contribution in [0.3, 0.4) is 0 Å². The molecule has 9 heteroatoms. The second kappa shape index (κ2) is 9.68. The van der Waals surface area contributed by atoms with Gasteiger partial charge in [0.1, 0.15) is 17.8 Å². The molecule has 0 atom stereocenters. The van der Waals surface area contributed by atoms with Crippen LogP contribution in [0.25, 0.3) is 10.2 Å². The zero-order valence-electron chi connectivity index (χ0n) is 18.9. The van der Waals surface area contributed by atoms with Gasteiger partial charge in [0.05, 0.1) is 22.9 Å². The largest absolute Gasteiger partial charge is 0.494 e. The molecule has 2 aromatic carbocycles. The number of anilines is 1. The minimum absolute atomic E-state index is 0.328. The SMILES string of the molecule is CCN(CC)CCN(C(=O)CN1C(=O)c2ccccc2C1=O)c1nc2c(OC)cccc2s1. The highest BCUT2D eigenvalue weighted by molar-refractivity contribution is 7.22. The third-order valence-electron chi connectivity index (χ3n) is 5.83. The minimum atomic E-state index is -0.446. The maximum absolute atomic E-state index is 13.5. The number of hydrogen-bond donors (Lipinski definition) is 0. The maximum atomic E-state index is 13.5. The van der Waals surface area contributed by atoms with Crippen molar-refractivity contribution >= 4 is 44.4 Å². The van der Waals surface area contributed by atoms with Gasteiger partial charge in [-0.3, -0.25) is 24.2 Å². The number of hydrogen-bond acceptors (Lipinski definition) is 7. The molecule has 1 aromatic heterocycles. The summed E-state index contributed by atoms with van der Waals surface area (Å²) in [7, 11) is 1.58. The van der Waals surface area contributed by atoms with Crippen molar-refractivity contribution in [2.75, 3.05) is 44.7 Å². The van der Waals surface area contributed by atoms with Gasteiger partial charge in [-0.25, -0.2) is 4.98 Å². The summed E-state index contributed by atoms with van der Waals surface area (Å²) in [5, 5.41) is 0.517. The quantitative estimate of drug-likeness (QED) is 0.450. The van der Waals surface area contributed by atoms with Gasteiger partial charge in [0, 0.05) is 13.1 Å². The first kappa shape index (κ1) is 22.9. The summed E-state index contributed by atoms with van der Waals surface area (Å²) in [6.45, 7) is 6.54. The van der Waals surface area contributed by atoms with Crippen molar-refractivity contribution in [3.63, 3.8) is 0 Å². The number of likely N-dealkylation sites (N-methyl/N-ethyl adjacent to an activating group) is 1. The highest BCUT2D eigenvalue weighted by Gasteiger charge is 2.37. The number of rotatable bonds is 9. The molecule has 4 rings (SSSR count). The summed E-state index contributed by atoms with van der Waals surface area (Å²) in [5.41, 5.74) is 1.34. The Morgan fingerprint density at radius 1 is 1.00 bits per heavy atom. The van der Waals surface area contributed by atoms with E-state index in [0.29, 0.717) is 40.6 Å². The van der Waals surface area contributed by atoms with Crippen molar-refractivity contribution in [3.05, 3.63) is 53.6 Å². The molecule has 0 saturated carbocycles. The predicted molar refractivity (Wildman–Crippen MR) is 128 cm³/mol. The lowest BCUT2D eigenvalue weighted by Crippen LogP contribution is -2.45. The highest BCUT2D eigenvalue weighted by atomic mass is 32.1. The van der Waals surface area contributed by atoms with Gasteiger partial charge >= 0.3 is 0 Å². The van der Waals surface area contributed by atoms with Gasteiger partial charge in [-0.2, -0.15) is 0 Å². The van der Waals surface area contributed by atoms with Crippen LogP contribution in [-0.2, 0) is 4.79 Å². The summed E-state index contributed by atoms with van der Waals surface area (Å²) in [6.07, 6.45) is 0. The molecule has 33 heavy (non-hydrogen) atoms. The van der Waals surface area contributed by atoms with Crippen LogP contribution >= 0.6 is 11.3 Å². The van der Waals surface area contributed by atoms with Crippen molar-refractivity contribution in [3.8, 4) is 5.75 Å². The number of para-hydroxylation sites is 1. The van der Waals surface area contributed by atoms with Gasteiger partial charge in [-0.05, 0) is 37.4 Å². The van der Waals surface area contributed by atoms with Gasteiger partial charge in [0.2, 0.25) is 5.91 Å². The number of benzene rings is 2. The first-order chi connectivity index (χ1) is 16.0. The number of methoxy groups -OCH3 is 1. The van der Waals surface area contributed by atoms with Crippen LogP contribution in [0.4, 0.5) is 5.13 Å². The molecule has 0 N–H and O–H groups in total. The highest BCUT2D eigenvalue weighted by Crippen LogP contribution is 2.34. The Balaban J connectivity index is 1.63. The molecule has 1 aliphatic heterocycles. The molecule has 8 nitrogen and oxygen atoms in total. The van der Waals surface area contributed by atoms with Crippen molar-refractivity contribution in [2.45, 2.75) is 13.8 Å². The summed E-state index contributed by atoms with van der Waals surface area (Å²) < 4.78 is 6.31. The molecular weight excluding hydrogens is 440 g/mol. The number of aromatic nitrogens is 1. The van der Waals surface area contributed by atoms with Gasteiger partial charge in [-0.1, -0.05) is 43.4 Å². The zero-order chi connectivity index (χ0) is 23.5. The van der Waals surface area contributed by atoms with Crippen molar-refractivity contribution < 1.29 is 19.1 Å². The van der Waals surface area contributed by atoms with E-state index in [1.165, 1.54) is 11.3 Å². The Morgan fingerprint density at radius 3 is 2.27 bits per heavy atom. The van der Waals surface area contributed by atoms with Crippen LogP contribution in [0.2, 0.25) is 0 Å². The Labute approximate surface area is 196 Å². The lowest BCUT2D eigenvalue weighted by Gasteiger charge is -2.26. The Morgan fingerprint density at radius 2 is 1.67 bits per heavy atom. The van der Waals surface area contributed by atoms with E-state index in [1.807, 2.05) is 18.2 Å². The van der Waals surface area contributed by atoms with E-state index in [9.17, 15) is 14.4 Å². The lowest BCUT2D eigenvalue weighted by atomic mass is 10.1. The van der Waals surface area contributed by atoms with E-state index in [0.717, 1.165) is 22.7 Å². The fourth-order valence-corrected chi connectivity index (χ4v) is 4.93. The first-order valence-electron chi connectivity index (χ1n) is 10.9. The number of amides is 3. The molecule has 0 spiro atoms. The molecule has 3 amide bonds. The summed E-state index contributed by atoms with van der Waals surface area (Å²) in [6, 6.07) is 12.3. The number of thiazole rings is 1. The van der Waals surface area contributed by atoms with E-state index >= 15 is 0 Å². The molecule has 3 aromatic rings. The second-order valence-electron chi connectivity index (χ2n) is 7.62. The van der Waals surface area contributed by atoms with Crippen LogP contribution < -0.4 is 9.64 Å². The number of carbonyl (C=O) groups excluding carboxylic acids is 3. The van der Waals surface area contributed by atoms with Crippen LogP contribution in [0, 0.1) is 0 Å². The molecule has 0 fully saturated rings. The number of fused-ring (bicyclic) bond motifs is 2. The van der Waals surface area contributed by atoms with E-state index < -0.39 is 11.8 Å². The summed E-state index contributed by atoms with van der Waals surface area (Å²) >= 11 is 1.38. The summed E-state index contributed by atoms with van der Waals surface area (Å²) in [5.74, 6) is -0.613. The normalized spacial score (nSPS) is 13.2. The van der Waals surface area contributed by atoms with Gasteiger partial charge in [0.15, 0.2) is 5.13 Å². The van der Waals surface area contributed by atoms with Crippen molar-refractivity contribution in [1.82, 2.24) is 14.8 Å². The number of carbonyl (C=O) groups is 3. The fraction of sp³-hybridized carbons (Fsp3) is 0.333. The van der Waals surface area contributed by atoms with Crippen LogP contribution in [0.15, 0.2) is 42.5 Å². The first-order valence-corrected chi connectivity index (χ1v) is 11.7. The molecule has 0 saturated heterocycles. The molecule has 0 radical (unpaired) electrons. The zero-order valence-corrected chi connectivity index (χ0v) is 19.7. The van der Waals surface area contributed by atoms with Crippen LogP contribution in [0.1, 0.15) is 34.6 Å². The Bertz CT molecular complexity index is 1170. The molecule has 0 bridgehead atoms. The third-order valence-corrected chi connectivity index (χ3v) is 6.87. The van der Waals surface area contributed by atoms with E-state index in [1.54, 1.807) is 36.3 Å². The Kier molecular flexibility index (Phi) is 6.71. The Hall–Kier alpha value is -3.30. The summed E-state index contributed by atoms with van der Waals surface area (Å²) in [4.78, 5) is 48.5. The number of nitrogens with zero attached hydrogens (tertiary/aromatic N) is 4. The third kappa shape index (κ3) is 4.34. The number of ether oxygens (including phenoxy) is 1. The predicted octanol–water partition coefficient (Wildman–Crippen LogP) is 3.28. The van der Waals surface area contributed by atoms with Gasteiger partial charge in [0.25, 0.3) is 11.8 Å². The molecule has 0 aliphatic carbocycles. The van der Waals surface area contributed by atoms with Crippen LogP contribution in [0.5, 0.6) is 5.75 Å². The fourth-order valence-electron chi connectivity index (χ4n) is 3.90. The second-order valence-corrected chi connectivity index (χ2v) is 8.63. The average Bonchev–Trinajstić information content (AvgIpc) is 3.37. The van der Waals surface area contributed by atoms with Crippen molar-refractivity contribution in [1.29, 1.82) is 0 Å². The minimum Gasteiger partial charge on any atom is -0.494 e. The smallest absolute Gasteiger partial charge is 0.262 e. The van der Waals surface area contributed by atoms with E-state index in [-0.39, 0.29) is 12.5 Å². The van der Waals surface area contributed by atoms with Gasteiger partial charge < -0.3 is 9.64 Å². The standard InChI is InChI=1S/C24H26N4O4S/c1-4-26(5-2)13-14-27(24-25-21-18(32-3)11-8-12-19(21)33-24)20(29)15-28-22(30)16-9-6-7-10-17(16)23(28)31/h6-12H,4-5,13-15H2,1-3H3. The maximum Gasteiger partial charge on any atom is 0.262 e. The lowest BCUT2D eigenvalue weighted by molar-refractivity contribution is -0.119. The monoisotopic (exact) mass is 466 g/mol. The van der Waals surface area contributed by atoms with Crippen LogP contribution in [-0.4, -0.2) is 72.3 Å².